The van der Waals surface area contributed by atoms with E-state index in [1.807, 2.05) is 34.6 Å². The highest BCUT2D eigenvalue weighted by atomic mass is 16.6. The van der Waals surface area contributed by atoms with Gasteiger partial charge in [-0.25, -0.2) is 0 Å². The number of rotatable bonds is 5. The molecule has 0 aliphatic rings. The fourth-order valence-electron chi connectivity index (χ4n) is 0.889. The molecule has 0 saturated heterocycles. The Morgan fingerprint density at radius 2 is 1.88 bits per heavy atom. The van der Waals surface area contributed by atoms with Crippen molar-refractivity contribution in [3.8, 4) is 0 Å². The molecular formula is C12H23NO3. The summed E-state index contributed by atoms with van der Waals surface area (Å²) in [5.74, 6) is -0.328. The minimum absolute atomic E-state index is 0.0405. The summed E-state index contributed by atoms with van der Waals surface area (Å²) in [5.41, 5.74) is -0.644. The van der Waals surface area contributed by atoms with E-state index < -0.39 is 5.60 Å². The van der Waals surface area contributed by atoms with Crippen molar-refractivity contribution in [2.45, 2.75) is 46.6 Å². The molecule has 0 bridgehead atoms. The van der Waals surface area contributed by atoms with Gasteiger partial charge in [-0.15, -0.1) is 0 Å². The zero-order valence-electron chi connectivity index (χ0n) is 10.9. The van der Waals surface area contributed by atoms with Crippen molar-refractivity contribution >= 4 is 12.2 Å². The van der Waals surface area contributed by atoms with Gasteiger partial charge in [-0.05, 0) is 32.6 Å². The van der Waals surface area contributed by atoms with Crippen molar-refractivity contribution in [2.75, 3.05) is 13.2 Å². The molecule has 0 spiro atoms. The molecule has 0 heterocycles. The van der Waals surface area contributed by atoms with Crippen LogP contribution in [0.1, 0.15) is 41.0 Å². The zero-order valence-corrected chi connectivity index (χ0v) is 10.9. The van der Waals surface area contributed by atoms with Gasteiger partial charge in [-0.1, -0.05) is 13.8 Å². The molecule has 0 saturated carbocycles. The van der Waals surface area contributed by atoms with E-state index in [2.05, 4.69) is 4.99 Å². The van der Waals surface area contributed by atoms with Crippen molar-refractivity contribution in [2.24, 2.45) is 10.4 Å². The molecule has 0 radical (unpaired) electrons. The Morgan fingerprint density at radius 3 is 2.31 bits per heavy atom. The van der Waals surface area contributed by atoms with Gasteiger partial charge in [0.1, 0.15) is 12.1 Å². The van der Waals surface area contributed by atoms with Crippen LogP contribution in [0.5, 0.6) is 0 Å². The lowest BCUT2D eigenvalue weighted by atomic mass is 9.91. The summed E-state index contributed by atoms with van der Waals surface area (Å²) >= 11 is 0. The Balaban J connectivity index is 3.89. The van der Waals surface area contributed by atoms with Gasteiger partial charge < -0.3 is 9.84 Å². The van der Waals surface area contributed by atoms with Gasteiger partial charge in [0.05, 0.1) is 0 Å². The maximum atomic E-state index is 11.3. The average Bonchev–Trinajstić information content (AvgIpc) is 2.10. The van der Waals surface area contributed by atoms with Gasteiger partial charge in [0.25, 0.3) is 0 Å². The number of aliphatic hydroxyl groups is 1. The molecule has 0 aromatic heterocycles. The third kappa shape index (κ3) is 8.41. The first-order valence-corrected chi connectivity index (χ1v) is 5.47. The molecule has 16 heavy (non-hydrogen) atoms. The molecule has 0 rings (SSSR count). The van der Waals surface area contributed by atoms with Crippen molar-refractivity contribution in [3.05, 3.63) is 0 Å². The van der Waals surface area contributed by atoms with Crippen LogP contribution in [0.4, 0.5) is 0 Å². The highest BCUT2D eigenvalue weighted by Gasteiger charge is 2.16. The highest BCUT2D eigenvalue weighted by molar-refractivity contribution is 5.74. The molecule has 0 aliphatic carbocycles. The third-order valence-electron chi connectivity index (χ3n) is 1.84. The van der Waals surface area contributed by atoms with Crippen LogP contribution in [0.3, 0.4) is 0 Å². The van der Waals surface area contributed by atoms with Crippen LogP contribution >= 0.6 is 0 Å². The average molecular weight is 229 g/mol. The van der Waals surface area contributed by atoms with Gasteiger partial charge >= 0.3 is 5.97 Å². The monoisotopic (exact) mass is 229 g/mol. The number of hydrogen-bond acceptors (Lipinski definition) is 4. The van der Waals surface area contributed by atoms with Gasteiger partial charge in [0, 0.05) is 12.8 Å². The number of aliphatic imine (C=N–C) groups is 1. The second-order valence-corrected chi connectivity index (χ2v) is 5.64. The van der Waals surface area contributed by atoms with Gasteiger partial charge in [-0.2, -0.15) is 0 Å². The van der Waals surface area contributed by atoms with Crippen LogP contribution in [0, 0.1) is 5.41 Å². The number of ether oxygens (including phenoxy) is 1. The number of carbonyl (C=O) groups is 1. The predicted molar refractivity (Wildman–Crippen MR) is 64.7 cm³/mol. The summed E-state index contributed by atoms with van der Waals surface area (Å²) in [4.78, 5) is 15.2. The van der Waals surface area contributed by atoms with Crippen LogP contribution < -0.4 is 0 Å². The summed E-state index contributed by atoms with van der Waals surface area (Å²) in [6, 6.07) is 0. The van der Waals surface area contributed by atoms with E-state index in [1.54, 1.807) is 6.21 Å². The van der Waals surface area contributed by atoms with Gasteiger partial charge in [0.2, 0.25) is 0 Å². The second-order valence-electron chi connectivity index (χ2n) is 5.64. The summed E-state index contributed by atoms with van der Waals surface area (Å²) in [5, 5.41) is 9.00. The Kier molecular flexibility index (Phi) is 5.65. The standard InChI is InChI=1S/C12H23NO3/c1-11(2,3)16-10(15)8-13-7-6-12(4,5)9-14/h7,14H,6,8-9H2,1-5H3/b13-7+. The van der Waals surface area contributed by atoms with E-state index in [4.69, 9.17) is 9.84 Å². The van der Waals surface area contributed by atoms with Gasteiger partial charge in [-0.3, -0.25) is 9.79 Å². The maximum Gasteiger partial charge on any atom is 0.328 e. The Bertz CT molecular complexity index is 251. The molecule has 0 unspecified atom stereocenters. The minimum atomic E-state index is -0.461. The van der Waals surface area contributed by atoms with Crippen molar-refractivity contribution in [1.82, 2.24) is 0 Å². The number of aliphatic hydroxyl groups excluding tert-OH is 1. The highest BCUT2D eigenvalue weighted by Crippen LogP contribution is 2.16. The lowest BCUT2D eigenvalue weighted by molar-refractivity contribution is -0.152. The van der Waals surface area contributed by atoms with Crippen LogP contribution in [0.15, 0.2) is 4.99 Å². The number of esters is 1. The van der Waals surface area contributed by atoms with E-state index in [1.165, 1.54) is 0 Å². The number of hydrogen-bond donors (Lipinski definition) is 1. The molecule has 0 aliphatic heterocycles. The molecule has 0 atom stereocenters. The third-order valence-corrected chi connectivity index (χ3v) is 1.84. The van der Waals surface area contributed by atoms with Crippen LogP contribution in [-0.2, 0) is 9.53 Å². The Labute approximate surface area is 97.7 Å². The van der Waals surface area contributed by atoms with E-state index in [0.29, 0.717) is 6.42 Å². The summed E-state index contributed by atoms with van der Waals surface area (Å²) < 4.78 is 5.09. The van der Waals surface area contributed by atoms with Crippen LogP contribution in [0.2, 0.25) is 0 Å². The van der Waals surface area contributed by atoms with E-state index in [0.717, 1.165) is 0 Å². The smallest absolute Gasteiger partial charge is 0.328 e. The van der Waals surface area contributed by atoms with Crippen LogP contribution in [0.25, 0.3) is 0 Å². The Morgan fingerprint density at radius 1 is 1.31 bits per heavy atom. The largest absolute Gasteiger partial charge is 0.459 e. The van der Waals surface area contributed by atoms with Crippen molar-refractivity contribution in [3.63, 3.8) is 0 Å². The van der Waals surface area contributed by atoms with Crippen molar-refractivity contribution < 1.29 is 14.6 Å². The predicted octanol–water partition coefficient (Wildman–Crippen LogP) is 1.81. The molecule has 0 aromatic carbocycles. The summed E-state index contributed by atoms with van der Waals surface area (Å²) in [7, 11) is 0. The summed E-state index contributed by atoms with van der Waals surface area (Å²) in [6.07, 6.45) is 2.31. The molecule has 0 aromatic rings. The maximum absolute atomic E-state index is 11.3. The molecule has 0 fully saturated rings. The molecule has 4 heteroatoms. The number of nitrogens with zero attached hydrogens (tertiary/aromatic N) is 1. The molecule has 4 nitrogen and oxygen atoms in total. The van der Waals surface area contributed by atoms with E-state index >= 15 is 0 Å². The topological polar surface area (TPSA) is 58.9 Å². The number of carbonyl (C=O) groups excluding carboxylic acids is 1. The lowest BCUT2D eigenvalue weighted by Gasteiger charge is -2.19. The van der Waals surface area contributed by atoms with Crippen LogP contribution in [-0.4, -0.2) is 36.0 Å². The molecule has 1 N–H and O–H groups in total. The van der Waals surface area contributed by atoms with E-state index in [-0.39, 0.29) is 24.5 Å². The van der Waals surface area contributed by atoms with Crippen molar-refractivity contribution in [1.29, 1.82) is 0 Å². The first kappa shape index (κ1) is 15.1. The van der Waals surface area contributed by atoms with E-state index in [9.17, 15) is 4.79 Å². The quantitative estimate of drug-likeness (QED) is 0.577. The van der Waals surface area contributed by atoms with Gasteiger partial charge in [0.15, 0.2) is 0 Å². The SMILES string of the molecule is CC(C)(CO)C/C=N/CC(=O)OC(C)(C)C. The molecule has 94 valence electrons. The Hall–Kier alpha value is -0.900. The zero-order chi connectivity index (χ0) is 12.8. The second kappa shape index (κ2) is 5.99. The first-order chi connectivity index (χ1) is 7.16. The minimum Gasteiger partial charge on any atom is -0.459 e. The fraction of sp³-hybridized carbons (Fsp3) is 0.833. The summed E-state index contributed by atoms with van der Waals surface area (Å²) in [6.45, 7) is 9.49. The first-order valence-electron chi connectivity index (χ1n) is 5.47. The lowest BCUT2D eigenvalue weighted by Crippen LogP contribution is -2.25. The molecular weight excluding hydrogens is 206 g/mol. The fourth-order valence-corrected chi connectivity index (χ4v) is 0.889. The normalized spacial score (nSPS) is 13.1. The molecule has 0 amide bonds.